The van der Waals surface area contributed by atoms with Crippen molar-refractivity contribution in [3.8, 4) is 6.07 Å². The molecule has 0 spiro atoms. The summed E-state index contributed by atoms with van der Waals surface area (Å²) in [6.07, 6.45) is 5.02. The van der Waals surface area contributed by atoms with Crippen molar-refractivity contribution in [2.75, 3.05) is 20.3 Å². The van der Waals surface area contributed by atoms with Crippen molar-refractivity contribution in [2.45, 2.75) is 58.4 Å². The van der Waals surface area contributed by atoms with Gasteiger partial charge in [0.15, 0.2) is 0 Å². The average molecular weight is 240 g/mol. The third-order valence-corrected chi connectivity index (χ3v) is 3.26. The highest BCUT2D eigenvalue weighted by Gasteiger charge is 2.24. The van der Waals surface area contributed by atoms with E-state index in [1.54, 1.807) is 0 Å². The highest BCUT2D eigenvalue weighted by molar-refractivity contribution is 5.05. The van der Waals surface area contributed by atoms with Crippen LogP contribution in [0.15, 0.2) is 0 Å². The molecule has 0 saturated heterocycles. The zero-order valence-electron chi connectivity index (χ0n) is 11.9. The minimum absolute atomic E-state index is 0.360. The van der Waals surface area contributed by atoms with Crippen LogP contribution in [0, 0.1) is 17.2 Å². The second-order valence-electron chi connectivity index (χ2n) is 5.05. The normalized spacial score (nSPS) is 14.6. The van der Waals surface area contributed by atoms with Crippen molar-refractivity contribution in [1.82, 2.24) is 5.32 Å². The summed E-state index contributed by atoms with van der Waals surface area (Å²) in [7, 11) is 1.86. The van der Waals surface area contributed by atoms with E-state index < -0.39 is 0 Å². The van der Waals surface area contributed by atoms with Gasteiger partial charge in [0.2, 0.25) is 0 Å². The molecule has 0 aliphatic carbocycles. The lowest BCUT2D eigenvalue weighted by Gasteiger charge is -2.24. The Morgan fingerprint density at radius 3 is 2.41 bits per heavy atom. The molecule has 1 unspecified atom stereocenters. The van der Waals surface area contributed by atoms with E-state index in [2.05, 4.69) is 25.2 Å². The fourth-order valence-corrected chi connectivity index (χ4v) is 1.84. The molecule has 0 aromatic rings. The van der Waals surface area contributed by atoms with Gasteiger partial charge in [-0.1, -0.05) is 20.8 Å². The van der Waals surface area contributed by atoms with Crippen LogP contribution in [0.2, 0.25) is 0 Å². The summed E-state index contributed by atoms with van der Waals surface area (Å²) in [5.41, 5.74) is -0.360. The third kappa shape index (κ3) is 7.36. The van der Waals surface area contributed by atoms with Crippen LogP contribution in [0.3, 0.4) is 0 Å². The molecular weight excluding hydrogens is 212 g/mol. The summed E-state index contributed by atoms with van der Waals surface area (Å²) in [6, 6.07) is 2.37. The first kappa shape index (κ1) is 16.4. The largest absolute Gasteiger partial charge is 0.381 e. The zero-order chi connectivity index (χ0) is 13.1. The number of rotatable bonds is 10. The van der Waals surface area contributed by atoms with Crippen molar-refractivity contribution in [3.05, 3.63) is 0 Å². The molecule has 0 aliphatic rings. The van der Waals surface area contributed by atoms with Crippen molar-refractivity contribution in [1.29, 1.82) is 5.26 Å². The molecule has 1 atom stereocenters. The van der Waals surface area contributed by atoms with E-state index in [-0.39, 0.29) is 5.54 Å². The quantitative estimate of drug-likeness (QED) is 0.597. The first-order valence-corrected chi connectivity index (χ1v) is 6.78. The monoisotopic (exact) mass is 240 g/mol. The lowest BCUT2D eigenvalue weighted by molar-refractivity contribution is 0.119. The van der Waals surface area contributed by atoms with Gasteiger partial charge in [-0.2, -0.15) is 5.26 Å². The summed E-state index contributed by atoms with van der Waals surface area (Å²) in [5.74, 6) is 0.759. The fourth-order valence-electron chi connectivity index (χ4n) is 1.84. The molecule has 0 bridgehead atoms. The molecular formula is C14H28N2O. The van der Waals surface area contributed by atoms with Crippen LogP contribution in [0.25, 0.3) is 0 Å². The van der Waals surface area contributed by atoms with Crippen LogP contribution in [0.1, 0.15) is 52.9 Å². The predicted octanol–water partition coefficient (Wildman–Crippen LogP) is 3.11. The Labute approximate surface area is 107 Å². The Bertz CT molecular complexity index is 217. The van der Waals surface area contributed by atoms with Gasteiger partial charge in [0.25, 0.3) is 0 Å². The van der Waals surface area contributed by atoms with Crippen LogP contribution in [0.4, 0.5) is 0 Å². The minimum Gasteiger partial charge on any atom is -0.381 e. The zero-order valence-corrected chi connectivity index (χ0v) is 11.9. The maximum Gasteiger partial charge on any atom is 0.106 e. The van der Waals surface area contributed by atoms with Gasteiger partial charge in [0, 0.05) is 13.2 Å². The molecule has 0 heterocycles. The first-order chi connectivity index (χ1) is 8.10. The Morgan fingerprint density at radius 2 is 1.94 bits per heavy atom. The Balaban J connectivity index is 3.54. The van der Waals surface area contributed by atoms with Gasteiger partial charge in [0.1, 0.15) is 5.54 Å². The molecule has 0 saturated carbocycles. The van der Waals surface area contributed by atoms with Crippen LogP contribution in [-0.4, -0.2) is 25.8 Å². The molecule has 3 heteroatoms. The number of nitrogens with zero attached hydrogens (tertiary/aromatic N) is 1. The number of hydrogen-bond acceptors (Lipinski definition) is 3. The molecule has 100 valence electrons. The third-order valence-electron chi connectivity index (χ3n) is 3.26. The number of hydrogen-bond donors (Lipinski definition) is 1. The molecule has 0 rings (SSSR count). The van der Waals surface area contributed by atoms with Crippen molar-refractivity contribution in [2.24, 2.45) is 5.92 Å². The van der Waals surface area contributed by atoms with E-state index >= 15 is 0 Å². The van der Waals surface area contributed by atoms with Crippen LogP contribution in [-0.2, 0) is 4.74 Å². The summed E-state index contributed by atoms with van der Waals surface area (Å²) >= 11 is 0. The van der Waals surface area contributed by atoms with Gasteiger partial charge in [-0.25, -0.2) is 0 Å². The van der Waals surface area contributed by atoms with E-state index in [1.807, 2.05) is 14.0 Å². The van der Waals surface area contributed by atoms with Gasteiger partial charge >= 0.3 is 0 Å². The SMILES string of the molecule is CCC(C#N)(CCCOCCCC(C)C)NC. The Morgan fingerprint density at radius 1 is 1.29 bits per heavy atom. The topological polar surface area (TPSA) is 45.0 Å². The lowest BCUT2D eigenvalue weighted by atomic mass is 9.92. The predicted molar refractivity (Wildman–Crippen MR) is 71.8 cm³/mol. The van der Waals surface area contributed by atoms with Gasteiger partial charge in [-0.3, -0.25) is 0 Å². The lowest BCUT2D eigenvalue weighted by Crippen LogP contribution is -2.40. The second kappa shape index (κ2) is 9.44. The standard InChI is InChI=1S/C14H28N2O/c1-5-14(12-15,16-4)9-7-11-17-10-6-8-13(2)3/h13,16H,5-11H2,1-4H3. The van der Waals surface area contributed by atoms with Crippen LogP contribution < -0.4 is 5.32 Å². The maximum absolute atomic E-state index is 9.13. The van der Waals surface area contributed by atoms with Gasteiger partial charge in [0.05, 0.1) is 6.07 Å². The summed E-state index contributed by atoms with van der Waals surface area (Å²) in [5, 5.41) is 12.2. The smallest absolute Gasteiger partial charge is 0.106 e. The molecule has 3 nitrogen and oxygen atoms in total. The summed E-state index contributed by atoms with van der Waals surface area (Å²) in [4.78, 5) is 0. The van der Waals surface area contributed by atoms with E-state index in [0.29, 0.717) is 0 Å². The average Bonchev–Trinajstić information content (AvgIpc) is 2.33. The Hall–Kier alpha value is -0.590. The van der Waals surface area contributed by atoms with E-state index in [9.17, 15) is 0 Å². The van der Waals surface area contributed by atoms with Gasteiger partial charge in [-0.05, 0) is 45.1 Å². The molecule has 1 N–H and O–H groups in total. The first-order valence-electron chi connectivity index (χ1n) is 6.78. The summed E-state index contributed by atoms with van der Waals surface area (Å²) in [6.45, 7) is 8.13. The number of ether oxygens (including phenoxy) is 1. The maximum atomic E-state index is 9.13. The summed E-state index contributed by atoms with van der Waals surface area (Å²) < 4.78 is 5.58. The molecule has 0 aliphatic heterocycles. The highest BCUT2D eigenvalue weighted by atomic mass is 16.5. The van der Waals surface area contributed by atoms with Crippen molar-refractivity contribution >= 4 is 0 Å². The van der Waals surface area contributed by atoms with Crippen LogP contribution >= 0.6 is 0 Å². The molecule has 0 fully saturated rings. The molecule has 0 aromatic carbocycles. The van der Waals surface area contributed by atoms with E-state index in [0.717, 1.165) is 44.8 Å². The second-order valence-corrected chi connectivity index (χ2v) is 5.05. The highest BCUT2D eigenvalue weighted by Crippen LogP contribution is 2.15. The van der Waals surface area contributed by atoms with Crippen molar-refractivity contribution < 1.29 is 4.74 Å². The molecule has 0 amide bonds. The minimum atomic E-state index is -0.360. The molecule has 0 aromatic heterocycles. The fraction of sp³-hybridized carbons (Fsp3) is 0.929. The number of nitrogens with one attached hydrogen (secondary N) is 1. The van der Waals surface area contributed by atoms with E-state index in [1.165, 1.54) is 6.42 Å². The number of nitriles is 1. The van der Waals surface area contributed by atoms with Gasteiger partial charge < -0.3 is 10.1 Å². The Kier molecular flexibility index (Phi) is 9.11. The van der Waals surface area contributed by atoms with E-state index in [4.69, 9.17) is 10.00 Å². The molecule has 0 radical (unpaired) electrons. The molecule has 17 heavy (non-hydrogen) atoms. The van der Waals surface area contributed by atoms with Crippen LogP contribution in [0.5, 0.6) is 0 Å². The van der Waals surface area contributed by atoms with Gasteiger partial charge in [-0.15, -0.1) is 0 Å². The van der Waals surface area contributed by atoms with Crippen molar-refractivity contribution in [3.63, 3.8) is 0 Å².